The van der Waals surface area contributed by atoms with E-state index in [9.17, 15) is 0 Å². The fourth-order valence-corrected chi connectivity index (χ4v) is 3.25. The van der Waals surface area contributed by atoms with Gasteiger partial charge in [-0.1, -0.05) is 6.07 Å². The molecule has 7 nitrogen and oxygen atoms in total. The second kappa shape index (κ2) is 6.76. The second-order valence-corrected chi connectivity index (χ2v) is 6.70. The minimum atomic E-state index is 0.578. The molecule has 3 N–H and O–H groups in total. The Kier molecular flexibility index (Phi) is 4.30. The summed E-state index contributed by atoms with van der Waals surface area (Å²) in [4.78, 5) is 17.9. The zero-order valence-electron chi connectivity index (χ0n) is 15.1. The number of nitrogens with two attached hydrogens (primary N) is 1. The first-order valence-electron chi connectivity index (χ1n) is 8.79. The Morgan fingerprint density at radius 3 is 2.65 bits per heavy atom. The number of fused-ring (bicyclic) bond motifs is 1. The fraction of sp³-hybridized carbons (Fsp3) is 0.316. The van der Waals surface area contributed by atoms with Gasteiger partial charge in [0.1, 0.15) is 12.0 Å². The Hall–Kier alpha value is -2.93. The SMILES string of the molecule is Cc1ccc2c(Nc3ncnc(N4CCN(C)CC4)c3N)cccc2n1. The van der Waals surface area contributed by atoms with Crippen LogP contribution in [0.4, 0.5) is 23.0 Å². The van der Waals surface area contributed by atoms with Gasteiger partial charge in [0.15, 0.2) is 11.6 Å². The summed E-state index contributed by atoms with van der Waals surface area (Å²) >= 11 is 0. The molecule has 0 amide bonds. The predicted octanol–water partition coefficient (Wildman–Crippen LogP) is 2.41. The topological polar surface area (TPSA) is 83.2 Å². The van der Waals surface area contributed by atoms with E-state index >= 15 is 0 Å². The molecule has 7 heteroatoms. The van der Waals surface area contributed by atoms with Crippen molar-refractivity contribution in [3.05, 3.63) is 42.4 Å². The van der Waals surface area contributed by atoms with Gasteiger partial charge in [0.2, 0.25) is 0 Å². The molecule has 0 atom stereocenters. The van der Waals surface area contributed by atoms with E-state index in [4.69, 9.17) is 5.73 Å². The maximum Gasteiger partial charge on any atom is 0.159 e. The van der Waals surface area contributed by atoms with E-state index in [0.717, 1.165) is 54.3 Å². The Labute approximate surface area is 152 Å². The van der Waals surface area contributed by atoms with Crippen molar-refractivity contribution in [3.63, 3.8) is 0 Å². The monoisotopic (exact) mass is 349 g/mol. The number of aromatic nitrogens is 3. The van der Waals surface area contributed by atoms with E-state index in [-0.39, 0.29) is 0 Å². The molecule has 1 aliphatic rings. The summed E-state index contributed by atoms with van der Waals surface area (Å²) < 4.78 is 0. The standard InChI is InChI=1S/C19H23N7/c1-13-6-7-14-15(23-13)4-3-5-16(14)24-18-17(20)19(22-12-21-18)26-10-8-25(2)9-11-26/h3-7,12H,8-11,20H2,1-2H3,(H,21,22,24). The zero-order chi connectivity index (χ0) is 18.1. The first-order valence-corrected chi connectivity index (χ1v) is 8.79. The molecule has 3 aromatic rings. The van der Waals surface area contributed by atoms with E-state index < -0.39 is 0 Å². The van der Waals surface area contributed by atoms with Gasteiger partial charge in [0.25, 0.3) is 0 Å². The van der Waals surface area contributed by atoms with Gasteiger partial charge < -0.3 is 20.9 Å². The number of piperazine rings is 1. The average Bonchev–Trinajstić information content (AvgIpc) is 2.64. The number of nitrogens with one attached hydrogen (secondary N) is 1. The number of likely N-dealkylation sites (N-methyl/N-ethyl adjacent to an activating group) is 1. The van der Waals surface area contributed by atoms with Gasteiger partial charge in [0.05, 0.1) is 5.52 Å². The van der Waals surface area contributed by atoms with Crippen LogP contribution in [-0.4, -0.2) is 53.1 Å². The normalized spacial score (nSPS) is 15.4. The molecule has 1 saturated heterocycles. The van der Waals surface area contributed by atoms with Gasteiger partial charge in [-0.05, 0) is 38.2 Å². The number of nitrogen functional groups attached to an aromatic ring is 1. The Morgan fingerprint density at radius 1 is 1.04 bits per heavy atom. The van der Waals surface area contributed by atoms with Crippen LogP contribution in [0.1, 0.15) is 5.69 Å². The summed E-state index contributed by atoms with van der Waals surface area (Å²) in [5.74, 6) is 1.42. The molecule has 0 aliphatic carbocycles. The Bertz CT molecular complexity index is 932. The number of rotatable bonds is 3. The van der Waals surface area contributed by atoms with Crippen LogP contribution < -0.4 is 16.0 Å². The maximum absolute atomic E-state index is 6.41. The van der Waals surface area contributed by atoms with E-state index in [1.165, 1.54) is 0 Å². The Morgan fingerprint density at radius 2 is 1.85 bits per heavy atom. The van der Waals surface area contributed by atoms with Crippen molar-refractivity contribution >= 4 is 33.9 Å². The van der Waals surface area contributed by atoms with Crippen molar-refractivity contribution < 1.29 is 0 Å². The van der Waals surface area contributed by atoms with E-state index in [0.29, 0.717) is 11.5 Å². The lowest BCUT2D eigenvalue weighted by atomic mass is 10.1. The van der Waals surface area contributed by atoms with E-state index in [1.54, 1.807) is 6.33 Å². The molecule has 0 saturated carbocycles. The highest BCUT2D eigenvalue weighted by Crippen LogP contribution is 2.31. The summed E-state index contributed by atoms with van der Waals surface area (Å²) in [5.41, 5.74) is 9.86. The molecule has 1 fully saturated rings. The number of hydrogen-bond donors (Lipinski definition) is 2. The van der Waals surface area contributed by atoms with Gasteiger partial charge in [-0.15, -0.1) is 0 Å². The van der Waals surface area contributed by atoms with Crippen LogP contribution in [0, 0.1) is 6.92 Å². The summed E-state index contributed by atoms with van der Waals surface area (Å²) in [6.07, 6.45) is 1.57. The molecule has 3 heterocycles. The largest absolute Gasteiger partial charge is 0.393 e. The Balaban J connectivity index is 1.66. The summed E-state index contributed by atoms with van der Waals surface area (Å²) in [5, 5.41) is 4.41. The van der Waals surface area contributed by atoms with Crippen molar-refractivity contribution in [2.45, 2.75) is 6.92 Å². The maximum atomic E-state index is 6.41. The van der Waals surface area contributed by atoms with Crippen molar-refractivity contribution in [2.24, 2.45) is 0 Å². The molecule has 0 spiro atoms. The lowest BCUT2D eigenvalue weighted by molar-refractivity contribution is 0.312. The average molecular weight is 349 g/mol. The number of aryl methyl sites for hydroxylation is 1. The predicted molar refractivity (Wildman–Crippen MR) is 106 cm³/mol. The van der Waals surface area contributed by atoms with Crippen LogP contribution in [0.15, 0.2) is 36.7 Å². The summed E-state index contributed by atoms with van der Waals surface area (Å²) in [6.45, 7) is 5.81. The van der Waals surface area contributed by atoms with Gasteiger partial charge in [-0.25, -0.2) is 9.97 Å². The third kappa shape index (κ3) is 3.13. The second-order valence-electron chi connectivity index (χ2n) is 6.70. The molecule has 2 aromatic heterocycles. The quantitative estimate of drug-likeness (QED) is 0.751. The molecule has 26 heavy (non-hydrogen) atoms. The van der Waals surface area contributed by atoms with Crippen LogP contribution in [0.3, 0.4) is 0 Å². The molecule has 1 aliphatic heterocycles. The van der Waals surface area contributed by atoms with E-state index in [2.05, 4.69) is 43.2 Å². The first-order chi connectivity index (χ1) is 12.6. The molecule has 0 radical (unpaired) electrons. The molecule has 0 unspecified atom stereocenters. The highest BCUT2D eigenvalue weighted by atomic mass is 15.3. The van der Waals surface area contributed by atoms with Crippen molar-refractivity contribution in [3.8, 4) is 0 Å². The van der Waals surface area contributed by atoms with Gasteiger partial charge in [-0.3, -0.25) is 4.98 Å². The van der Waals surface area contributed by atoms with Crippen molar-refractivity contribution in [2.75, 3.05) is 49.2 Å². The van der Waals surface area contributed by atoms with Crippen LogP contribution in [-0.2, 0) is 0 Å². The van der Waals surface area contributed by atoms with Crippen LogP contribution in [0.25, 0.3) is 10.9 Å². The van der Waals surface area contributed by atoms with E-state index in [1.807, 2.05) is 31.2 Å². The van der Waals surface area contributed by atoms with Crippen molar-refractivity contribution in [1.82, 2.24) is 19.9 Å². The number of hydrogen-bond acceptors (Lipinski definition) is 7. The van der Waals surface area contributed by atoms with Gasteiger partial charge in [-0.2, -0.15) is 0 Å². The lowest BCUT2D eigenvalue weighted by Crippen LogP contribution is -2.45. The minimum absolute atomic E-state index is 0.578. The number of nitrogens with zero attached hydrogens (tertiary/aromatic N) is 5. The molecule has 4 rings (SSSR count). The lowest BCUT2D eigenvalue weighted by Gasteiger charge is -2.33. The van der Waals surface area contributed by atoms with Crippen LogP contribution in [0.5, 0.6) is 0 Å². The highest BCUT2D eigenvalue weighted by Gasteiger charge is 2.19. The third-order valence-corrected chi connectivity index (χ3v) is 4.79. The zero-order valence-corrected chi connectivity index (χ0v) is 15.1. The first kappa shape index (κ1) is 16.5. The van der Waals surface area contributed by atoms with Crippen molar-refractivity contribution in [1.29, 1.82) is 0 Å². The minimum Gasteiger partial charge on any atom is -0.393 e. The van der Waals surface area contributed by atoms with Crippen LogP contribution >= 0.6 is 0 Å². The third-order valence-electron chi connectivity index (χ3n) is 4.79. The summed E-state index contributed by atoms with van der Waals surface area (Å²) in [7, 11) is 2.13. The molecule has 0 bridgehead atoms. The van der Waals surface area contributed by atoms with Gasteiger partial charge >= 0.3 is 0 Å². The number of pyridine rings is 1. The number of anilines is 4. The molecule has 134 valence electrons. The highest BCUT2D eigenvalue weighted by molar-refractivity contribution is 5.94. The smallest absolute Gasteiger partial charge is 0.159 e. The molecular formula is C19H23N7. The fourth-order valence-electron chi connectivity index (χ4n) is 3.25. The molecular weight excluding hydrogens is 326 g/mol. The molecule has 1 aromatic carbocycles. The van der Waals surface area contributed by atoms with Crippen LogP contribution in [0.2, 0.25) is 0 Å². The van der Waals surface area contributed by atoms with Gasteiger partial charge in [0, 0.05) is 42.9 Å². The summed E-state index contributed by atoms with van der Waals surface area (Å²) in [6, 6.07) is 10.1. The number of benzene rings is 1.